The molecular weight excluding hydrogens is 522 g/mol. The molecule has 4 rings (SSSR count). The minimum absolute atomic E-state index is 0.0691. The summed E-state index contributed by atoms with van der Waals surface area (Å²) in [6, 6.07) is 19.6. The highest BCUT2D eigenvalue weighted by Gasteiger charge is 2.40. The van der Waals surface area contributed by atoms with Crippen LogP contribution in [0.3, 0.4) is 0 Å². The van der Waals surface area contributed by atoms with Gasteiger partial charge in [-0.1, -0.05) is 42.8 Å². The maximum Gasteiger partial charge on any atom is 0.340 e. The van der Waals surface area contributed by atoms with Crippen LogP contribution in [0.15, 0.2) is 83.5 Å². The van der Waals surface area contributed by atoms with E-state index in [0.717, 1.165) is 4.90 Å². The number of para-hydroxylation sites is 3. The van der Waals surface area contributed by atoms with Crippen LogP contribution in [0, 0.1) is 0 Å². The number of carbonyl (C=O) groups excluding carboxylic acids is 4. The molecule has 3 aromatic carbocycles. The zero-order valence-electron chi connectivity index (χ0n) is 21.3. The lowest BCUT2D eigenvalue weighted by Gasteiger charge is -2.18. The average molecular weight is 548 g/mol. The van der Waals surface area contributed by atoms with Gasteiger partial charge < -0.3 is 20.1 Å². The Balaban J connectivity index is 1.50. The molecule has 0 saturated heterocycles. The second kappa shape index (κ2) is 12.3. The van der Waals surface area contributed by atoms with E-state index in [2.05, 4.69) is 10.6 Å². The van der Waals surface area contributed by atoms with E-state index in [1.807, 2.05) is 19.9 Å². The van der Waals surface area contributed by atoms with E-state index < -0.39 is 17.8 Å². The highest BCUT2D eigenvalue weighted by Crippen LogP contribution is 2.32. The summed E-state index contributed by atoms with van der Waals surface area (Å²) in [6.45, 7) is 4.37. The van der Waals surface area contributed by atoms with Crippen LogP contribution in [0.5, 0.6) is 5.75 Å². The average Bonchev–Trinajstić information content (AvgIpc) is 3.16. The Bertz CT molecular complexity index is 1450. The maximum absolute atomic E-state index is 13.3. The van der Waals surface area contributed by atoms with Gasteiger partial charge >= 0.3 is 5.97 Å². The van der Waals surface area contributed by atoms with Gasteiger partial charge in [0.05, 0.1) is 30.2 Å². The Morgan fingerprint density at radius 2 is 1.59 bits per heavy atom. The van der Waals surface area contributed by atoms with E-state index in [9.17, 15) is 19.2 Å². The third kappa shape index (κ3) is 5.94. The number of ether oxygens (including phenoxy) is 2. The third-order valence-electron chi connectivity index (χ3n) is 5.68. The number of halogens is 1. The highest BCUT2D eigenvalue weighted by molar-refractivity contribution is 6.53. The largest absolute Gasteiger partial charge is 0.492 e. The SMILES string of the molecule is CCCOC(=O)c1ccccc1N1C(=O)C(Cl)=C(Nc2ccc(C(=O)Nc3ccccc3OCC)cc2)C1=O. The fourth-order valence-corrected chi connectivity index (χ4v) is 4.05. The van der Waals surface area contributed by atoms with E-state index in [-0.39, 0.29) is 34.5 Å². The van der Waals surface area contributed by atoms with Crippen molar-refractivity contribution in [3.05, 3.63) is 94.7 Å². The summed E-state index contributed by atoms with van der Waals surface area (Å²) in [5.74, 6) is -1.94. The number of esters is 1. The van der Waals surface area contributed by atoms with Crippen molar-refractivity contribution in [3.8, 4) is 5.75 Å². The molecule has 0 radical (unpaired) electrons. The van der Waals surface area contributed by atoms with E-state index in [0.29, 0.717) is 35.7 Å². The number of hydrogen-bond acceptors (Lipinski definition) is 7. The Kier molecular flexibility index (Phi) is 8.63. The first-order valence-corrected chi connectivity index (χ1v) is 12.7. The molecule has 3 aromatic rings. The van der Waals surface area contributed by atoms with Crippen LogP contribution in [0.2, 0.25) is 0 Å². The summed E-state index contributed by atoms with van der Waals surface area (Å²) in [5, 5.41) is 5.35. The molecule has 9 nitrogen and oxygen atoms in total. The molecule has 0 aliphatic carbocycles. The van der Waals surface area contributed by atoms with Gasteiger partial charge in [-0.25, -0.2) is 9.69 Å². The molecule has 1 aliphatic rings. The number of nitrogens with one attached hydrogen (secondary N) is 2. The molecule has 0 unspecified atom stereocenters. The first kappa shape index (κ1) is 27.4. The number of benzene rings is 3. The van der Waals surface area contributed by atoms with Gasteiger partial charge in [0.2, 0.25) is 0 Å². The fourth-order valence-electron chi connectivity index (χ4n) is 3.84. The van der Waals surface area contributed by atoms with Crippen LogP contribution in [0.25, 0.3) is 0 Å². The highest BCUT2D eigenvalue weighted by atomic mass is 35.5. The summed E-state index contributed by atoms with van der Waals surface area (Å²) in [6.07, 6.45) is 0.623. The summed E-state index contributed by atoms with van der Waals surface area (Å²) in [5.41, 5.74) is 1.32. The Morgan fingerprint density at radius 3 is 2.31 bits per heavy atom. The molecule has 0 spiro atoms. The number of imide groups is 1. The van der Waals surface area contributed by atoms with Gasteiger partial charge in [0, 0.05) is 11.3 Å². The zero-order chi connectivity index (χ0) is 27.9. The van der Waals surface area contributed by atoms with Crippen LogP contribution in [-0.4, -0.2) is 36.9 Å². The molecule has 0 atom stereocenters. The van der Waals surface area contributed by atoms with Gasteiger partial charge in [-0.3, -0.25) is 14.4 Å². The number of carbonyl (C=O) groups is 4. The van der Waals surface area contributed by atoms with Crippen molar-refractivity contribution in [2.24, 2.45) is 0 Å². The fraction of sp³-hybridized carbons (Fsp3) is 0.172. The number of hydrogen-bond donors (Lipinski definition) is 2. The second-order valence-electron chi connectivity index (χ2n) is 8.37. The minimum Gasteiger partial charge on any atom is -0.492 e. The topological polar surface area (TPSA) is 114 Å². The molecule has 200 valence electrons. The van der Waals surface area contributed by atoms with Gasteiger partial charge in [-0.05, 0) is 61.9 Å². The third-order valence-corrected chi connectivity index (χ3v) is 6.03. The lowest BCUT2D eigenvalue weighted by atomic mass is 10.1. The van der Waals surface area contributed by atoms with Crippen molar-refractivity contribution in [2.45, 2.75) is 20.3 Å². The lowest BCUT2D eigenvalue weighted by Crippen LogP contribution is -2.33. The quantitative estimate of drug-likeness (QED) is 0.260. The Hall–Kier alpha value is -4.63. The monoisotopic (exact) mass is 547 g/mol. The molecule has 0 fully saturated rings. The van der Waals surface area contributed by atoms with E-state index in [1.54, 1.807) is 54.6 Å². The van der Waals surface area contributed by atoms with Crippen molar-refractivity contribution >= 4 is 52.4 Å². The van der Waals surface area contributed by atoms with Crippen molar-refractivity contribution in [3.63, 3.8) is 0 Å². The Labute approximate surface area is 230 Å². The summed E-state index contributed by atoms with van der Waals surface area (Å²) >= 11 is 6.26. The minimum atomic E-state index is -0.774. The Morgan fingerprint density at radius 1 is 0.897 bits per heavy atom. The molecule has 39 heavy (non-hydrogen) atoms. The van der Waals surface area contributed by atoms with Crippen molar-refractivity contribution in [2.75, 3.05) is 28.7 Å². The predicted molar refractivity (Wildman–Crippen MR) is 148 cm³/mol. The summed E-state index contributed by atoms with van der Waals surface area (Å²) in [4.78, 5) is 52.3. The lowest BCUT2D eigenvalue weighted by molar-refractivity contribution is -0.120. The van der Waals surface area contributed by atoms with Crippen molar-refractivity contribution in [1.82, 2.24) is 0 Å². The van der Waals surface area contributed by atoms with Gasteiger partial charge in [-0.15, -0.1) is 0 Å². The molecule has 10 heteroatoms. The van der Waals surface area contributed by atoms with Crippen LogP contribution in [0.1, 0.15) is 41.0 Å². The van der Waals surface area contributed by atoms with E-state index in [1.165, 1.54) is 12.1 Å². The maximum atomic E-state index is 13.3. The first-order valence-electron chi connectivity index (χ1n) is 12.3. The standard InChI is InChI=1S/C29H26ClN3O6/c1-3-17-39-29(37)20-9-5-7-11-22(20)33-27(35)24(30)25(28(33)36)31-19-15-13-18(14-16-19)26(34)32-21-10-6-8-12-23(21)38-4-2/h5-16,31H,3-4,17H2,1-2H3,(H,32,34). The van der Waals surface area contributed by atoms with Crippen molar-refractivity contribution < 1.29 is 28.7 Å². The molecule has 0 bridgehead atoms. The van der Waals surface area contributed by atoms with Crippen molar-refractivity contribution in [1.29, 1.82) is 0 Å². The number of rotatable bonds is 10. The zero-order valence-corrected chi connectivity index (χ0v) is 22.1. The van der Waals surface area contributed by atoms with Gasteiger partial charge in [0.25, 0.3) is 17.7 Å². The molecule has 1 aliphatic heterocycles. The van der Waals surface area contributed by atoms with Crippen LogP contribution in [0.4, 0.5) is 17.1 Å². The molecule has 3 amide bonds. The van der Waals surface area contributed by atoms with Gasteiger partial charge in [0.1, 0.15) is 16.5 Å². The van der Waals surface area contributed by atoms with Crippen LogP contribution in [-0.2, 0) is 14.3 Å². The molecule has 2 N–H and O–H groups in total. The summed E-state index contributed by atoms with van der Waals surface area (Å²) < 4.78 is 10.7. The number of anilines is 3. The molecule has 0 aromatic heterocycles. The second-order valence-corrected chi connectivity index (χ2v) is 8.75. The first-order chi connectivity index (χ1) is 18.8. The smallest absolute Gasteiger partial charge is 0.340 e. The van der Waals surface area contributed by atoms with Crippen LogP contribution >= 0.6 is 11.6 Å². The number of amides is 3. The molecule has 0 saturated carbocycles. The summed E-state index contributed by atoms with van der Waals surface area (Å²) in [7, 11) is 0. The molecular formula is C29H26ClN3O6. The van der Waals surface area contributed by atoms with Gasteiger partial charge in [0.15, 0.2) is 0 Å². The van der Waals surface area contributed by atoms with Crippen LogP contribution < -0.4 is 20.3 Å². The van der Waals surface area contributed by atoms with E-state index >= 15 is 0 Å². The molecule has 1 heterocycles. The number of nitrogens with zero attached hydrogens (tertiary/aromatic N) is 1. The van der Waals surface area contributed by atoms with Gasteiger partial charge in [-0.2, -0.15) is 0 Å². The normalized spacial score (nSPS) is 12.9. The predicted octanol–water partition coefficient (Wildman–Crippen LogP) is 5.34. The van der Waals surface area contributed by atoms with E-state index in [4.69, 9.17) is 21.1 Å².